The molecule has 0 radical (unpaired) electrons. The predicted octanol–water partition coefficient (Wildman–Crippen LogP) is 4.05. The lowest BCUT2D eigenvalue weighted by atomic mass is 9.99. The number of rotatable bonds is 4. The lowest BCUT2D eigenvalue weighted by Crippen LogP contribution is -2.21. The largest absolute Gasteiger partial charge is 0.472 e. The van der Waals surface area contributed by atoms with Gasteiger partial charge in [0.15, 0.2) is 0 Å². The van der Waals surface area contributed by atoms with Crippen LogP contribution in [0.1, 0.15) is 29.7 Å². The van der Waals surface area contributed by atoms with E-state index in [0.29, 0.717) is 0 Å². The Kier molecular flexibility index (Phi) is 4.02. The van der Waals surface area contributed by atoms with Crippen LogP contribution in [0.5, 0.6) is 0 Å². The zero-order valence-electron chi connectivity index (χ0n) is 10.0. The normalized spacial score (nSPS) is 12.6. The van der Waals surface area contributed by atoms with Gasteiger partial charge in [0.1, 0.15) is 0 Å². The van der Waals surface area contributed by atoms with Crippen LogP contribution < -0.4 is 5.32 Å². The van der Waals surface area contributed by atoms with Crippen molar-refractivity contribution in [3.8, 4) is 0 Å². The summed E-state index contributed by atoms with van der Waals surface area (Å²) in [5.41, 5.74) is 3.66. The van der Waals surface area contributed by atoms with E-state index in [1.165, 1.54) is 11.1 Å². The van der Waals surface area contributed by atoms with Gasteiger partial charge in [0.25, 0.3) is 0 Å². The van der Waals surface area contributed by atoms with E-state index in [4.69, 9.17) is 4.42 Å². The number of furan rings is 1. The SMILES string of the molecule is CCNC(c1ccoc1)c1cc(C)cc(Br)c1. The Morgan fingerprint density at radius 1 is 1.29 bits per heavy atom. The van der Waals surface area contributed by atoms with Crippen LogP contribution in [-0.2, 0) is 0 Å². The summed E-state index contributed by atoms with van der Waals surface area (Å²) >= 11 is 3.54. The summed E-state index contributed by atoms with van der Waals surface area (Å²) in [6.07, 6.45) is 3.51. The molecule has 0 saturated carbocycles. The van der Waals surface area contributed by atoms with Crippen molar-refractivity contribution in [2.24, 2.45) is 0 Å². The molecule has 0 fully saturated rings. The highest BCUT2D eigenvalue weighted by atomic mass is 79.9. The molecule has 1 unspecified atom stereocenters. The number of benzene rings is 1. The van der Waals surface area contributed by atoms with Gasteiger partial charge in [-0.1, -0.05) is 28.9 Å². The zero-order valence-corrected chi connectivity index (χ0v) is 11.6. The maximum Gasteiger partial charge on any atom is 0.0953 e. The average Bonchev–Trinajstić information content (AvgIpc) is 2.77. The fourth-order valence-electron chi connectivity index (χ4n) is 2.00. The van der Waals surface area contributed by atoms with Crippen LogP contribution in [-0.4, -0.2) is 6.54 Å². The van der Waals surface area contributed by atoms with E-state index in [0.717, 1.165) is 16.6 Å². The lowest BCUT2D eigenvalue weighted by Gasteiger charge is -2.17. The molecule has 2 rings (SSSR count). The van der Waals surface area contributed by atoms with Crippen molar-refractivity contribution >= 4 is 15.9 Å². The van der Waals surface area contributed by atoms with E-state index in [9.17, 15) is 0 Å². The van der Waals surface area contributed by atoms with E-state index in [1.807, 2.05) is 6.07 Å². The fourth-order valence-corrected chi connectivity index (χ4v) is 2.63. The van der Waals surface area contributed by atoms with Crippen LogP contribution in [0.25, 0.3) is 0 Å². The second kappa shape index (κ2) is 5.52. The van der Waals surface area contributed by atoms with Crippen molar-refractivity contribution < 1.29 is 4.42 Å². The molecule has 1 N–H and O–H groups in total. The summed E-state index contributed by atoms with van der Waals surface area (Å²) in [6, 6.07) is 8.65. The highest BCUT2D eigenvalue weighted by Gasteiger charge is 2.14. The van der Waals surface area contributed by atoms with Gasteiger partial charge in [0.2, 0.25) is 0 Å². The second-order valence-corrected chi connectivity index (χ2v) is 5.02. The van der Waals surface area contributed by atoms with Crippen molar-refractivity contribution in [3.63, 3.8) is 0 Å². The average molecular weight is 294 g/mol. The van der Waals surface area contributed by atoms with Crippen LogP contribution in [0.2, 0.25) is 0 Å². The van der Waals surface area contributed by atoms with Gasteiger partial charge in [0.05, 0.1) is 18.6 Å². The number of halogens is 1. The van der Waals surface area contributed by atoms with E-state index in [-0.39, 0.29) is 6.04 Å². The van der Waals surface area contributed by atoms with E-state index in [2.05, 4.69) is 53.3 Å². The molecule has 1 heterocycles. The van der Waals surface area contributed by atoms with E-state index < -0.39 is 0 Å². The molecule has 90 valence electrons. The van der Waals surface area contributed by atoms with Gasteiger partial charge in [-0.05, 0) is 42.8 Å². The number of hydrogen-bond acceptors (Lipinski definition) is 2. The molecule has 0 spiro atoms. The Bertz CT molecular complexity index is 459. The minimum atomic E-state index is 0.190. The second-order valence-electron chi connectivity index (χ2n) is 4.11. The Morgan fingerprint density at radius 3 is 2.71 bits per heavy atom. The van der Waals surface area contributed by atoms with Crippen LogP contribution in [0.15, 0.2) is 45.7 Å². The quantitative estimate of drug-likeness (QED) is 0.920. The molecule has 2 nitrogen and oxygen atoms in total. The summed E-state index contributed by atoms with van der Waals surface area (Å²) in [6.45, 7) is 5.13. The van der Waals surface area contributed by atoms with Crippen LogP contribution in [0.3, 0.4) is 0 Å². The standard InChI is InChI=1S/C14H16BrNO/c1-3-16-14(11-4-5-17-9-11)12-6-10(2)7-13(15)8-12/h4-9,14,16H,3H2,1-2H3. The number of nitrogens with one attached hydrogen (secondary N) is 1. The molecule has 0 aliphatic carbocycles. The Morgan fingerprint density at radius 2 is 2.12 bits per heavy atom. The van der Waals surface area contributed by atoms with Gasteiger partial charge in [-0.3, -0.25) is 0 Å². The number of aryl methyl sites for hydroxylation is 1. The molecule has 1 aromatic heterocycles. The van der Waals surface area contributed by atoms with Crippen molar-refractivity contribution in [2.75, 3.05) is 6.54 Å². The first-order valence-electron chi connectivity index (χ1n) is 5.73. The first kappa shape index (κ1) is 12.4. The first-order valence-corrected chi connectivity index (χ1v) is 6.52. The molecule has 0 amide bonds. The Balaban J connectivity index is 2.38. The van der Waals surface area contributed by atoms with Gasteiger partial charge < -0.3 is 9.73 Å². The molecule has 0 aliphatic heterocycles. The minimum absolute atomic E-state index is 0.190. The third-order valence-electron chi connectivity index (χ3n) is 2.68. The third kappa shape index (κ3) is 2.99. The van der Waals surface area contributed by atoms with Gasteiger partial charge in [-0.2, -0.15) is 0 Å². The lowest BCUT2D eigenvalue weighted by molar-refractivity contribution is 0.553. The van der Waals surface area contributed by atoms with Crippen molar-refractivity contribution in [1.29, 1.82) is 0 Å². The highest BCUT2D eigenvalue weighted by molar-refractivity contribution is 9.10. The third-order valence-corrected chi connectivity index (χ3v) is 3.14. The molecule has 3 heteroatoms. The van der Waals surface area contributed by atoms with Crippen LogP contribution in [0.4, 0.5) is 0 Å². The number of hydrogen-bond donors (Lipinski definition) is 1. The molecule has 17 heavy (non-hydrogen) atoms. The summed E-state index contributed by atoms with van der Waals surface area (Å²) in [4.78, 5) is 0. The van der Waals surface area contributed by atoms with Gasteiger partial charge in [-0.25, -0.2) is 0 Å². The molecule has 0 aliphatic rings. The smallest absolute Gasteiger partial charge is 0.0953 e. The van der Waals surface area contributed by atoms with Gasteiger partial charge in [-0.15, -0.1) is 0 Å². The molecule has 0 saturated heterocycles. The van der Waals surface area contributed by atoms with E-state index in [1.54, 1.807) is 12.5 Å². The Labute approximate surface area is 110 Å². The Hall–Kier alpha value is -1.06. The zero-order chi connectivity index (χ0) is 12.3. The fraction of sp³-hybridized carbons (Fsp3) is 0.286. The van der Waals surface area contributed by atoms with Gasteiger partial charge in [0, 0.05) is 10.0 Å². The van der Waals surface area contributed by atoms with Crippen LogP contribution >= 0.6 is 15.9 Å². The van der Waals surface area contributed by atoms with Crippen molar-refractivity contribution in [1.82, 2.24) is 5.32 Å². The van der Waals surface area contributed by atoms with Crippen LogP contribution in [0, 0.1) is 6.92 Å². The maximum absolute atomic E-state index is 5.17. The summed E-state index contributed by atoms with van der Waals surface area (Å²) < 4.78 is 6.28. The molecule has 1 aromatic carbocycles. The van der Waals surface area contributed by atoms with E-state index >= 15 is 0 Å². The minimum Gasteiger partial charge on any atom is -0.472 e. The van der Waals surface area contributed by atoms with Crippen molar-refractivity contribution in [2.45, 2.75) is 19.9 Å². The predicted molar refractivity (Wildman–Crippen MR) is 73.1 cm³/mol. The van der Waals surface area contributed by atoms with Crippen molar-refractivity contribution in [3.05, 3.63) is 58.0 Å². The topological polar surface area (TPSA) is 25.2 Å². The monoisotopic (exact) mass is 293 g/mol. The summed E-state index contributed by atoms with van der Waals surface area (Å²) in [5.74, 6) is 0. The first-order chi connectivity index (χ1) is 8.20. The highest BCUT2D eigenvalue weighted by Crippen LogP contribution is 2.26. The molecular formula is C14H16BrNO. The summed E-state index contributed by atoms with van der Waals surface area (Å²) in [5, 5.41) is 3.47. The molecule has 2 aromatic rings. The summed E-state index contributed by atoms with van der Waals surface area (Å²) in [7, 11) is 0. The molecular weight excluding hydrogens is 278 g/mol. The molecule has 0 bridgehead atoms. The van der Waals surface area contributed by atoms with Gasteiger partial charge >= 0.3 is 0 Å². The molecule has 1 atom stereocenters. The maximum atomic E-state index is 5.17.